The van der Waals surface area contributed by atoms with E-state index in [1.165, 1.54) is 38.5 Å². The second-order valence-corrected chi connectivity index (χ2v) is 15.2. The maximum absolute atomic E-state index is 12.6. The summed E-state index contributed by atoms with van der Waals surface area (Å²) in [6.07, 6.45) is 40.3. The second-order valence-electron chi connectivity index (χ2n) is 13.7. The lowest BCUT2D eigenvalue weighted by molar-refractivity contribution is -0.161. The van der Waals surface area contributed by atoms with Crippen molar-refractivity contribution in [2.75, 3.05) is 19.8 Å². The van der Waals surface area contributed by atoms with E-state index in [1.54, 1.807) is 0 Å². The molecular weight excluding hydrogens is 709 g/mol. The molecule has 0 fully saturated rings. The Bertz CT molecular complexity index is 1110. The summed E-state index contributed by atoms with van der Waals surface area (Å²) in [7, 11) is -4.72. The van der Waals surface area contributed by atoms with Crippen LogP contribution in [0.4, 0.5) is 0 Å². The SMILES string of the molecule is CCC=CCC=CCC=CCCCCCCCC(=O)OC[C@H](COP(=O)(O)OC[C@H](N)C(=O)O)OC(=O)CCCCCCCC=CCCCCCCCC. The molecule has 12 heteroatoms. The first-order chi connectivity index (χ1) is 26.1. The van der Waals surface area contributed by atoms with E-state index in [2.05, 4.69) is 67.0 Å². The van der Waals surface area contributed by atoms with Crippen molar-refractivity contribution >= 4 is 25.7 Å². The lowest BCUT2D eigenvalue weighted by Gasteiger charge is -2.20. The fourth-order valence-electron chi connectivity index (χ4n) is 5.31. The van der Waals surface area contributed by atoms with Crippen LogP contribution < -0.4 is 5.73 Å². The monoisotopic (exact) mass is 784 g/mol. The van der Waals surface area contributed by atoms with Crippen molar-refractivity contribution in [3.05, 3.63) is 48.6 Å². The highest BCUT2D eigenvalue weighted by Crippen LogP contribution is 2.43. The van der Waals surface area contributed by atoms with Crippen molar-refractivity contribution in [2.45, 2.75) is 180 Å². The Morgan fingerprint density at radius 2 is 1.04 bits per heavy atom. The minimum absolute atomic E-state index is 0.146. The zero-order valence-electron chi connectivity index (χ0n) is 33.6. The van der Waals surface area contributed by atoms with Gasteiger partial charge < -0.3 is 25.2 Å². The number of rotatable bonds is 38. The molecule has 0 aliphatic rings. The average Bonchev–Trinajstić information content (AvgIpc) is 3.14. The Balaban J connectivity index is 4.44. The van der Waals surface area contributed by atoms with Gasteiger partial charge >= 0.3 is 25.7 Å². The van der Waals surface area contributed by atoms with E-state index in [4.69, 9.17) is 24.8 Å². The van der Waals surface area contributed by atoms with Gasteiger partial charge in [-0.25, -0.2) is 4.57 Å². The molecular formula is C42H74NO10P. The molecule has 54 heavy (non-hydrogen) atoms. The van der Waals surface area contributed by atoms with E-state index >= 15 is 0 Å². The molecule has 0 aliphatic heterocycles. The highest BCUT2D eigenvalue weighted by Gasteiger charge is 2.28. The van der Waals surface area contributed by atoms with Gasteiger partial charge in [-0.05, 0) is 70.6 Å². The number of unbranched alkanes of at least 4 members (excludes halogenated alkanes) is 16. The number of hydrogen-bond acceptors (Lipinski definition) is 9. The fourth-order valence-corrected chi connectivity index (χ4v) is 6.09. The molecule has 0 aromatic carbocycles. The van der Waals surface area contributed by atoms with E-state index in [0.29, 0.717) is 12.8 Å². The number of ether oxygens (including phenoxy) is 2. The largest absolute Gasteiger partial charge is 0.480 e. The number of nitrogens with two attached hydrogens (primary N) is 1. The van der Waals surface area contributed by atoms with Crippen LogP contribution in [-0.4, -0.2) is 59.9 Å². The topological polar surface area (TPSA) is 172 Å². The lowest BCUT2D eigenvalue weighted by Crippen LogP contribution is -2.34. The van der Waals surface area contributed by atoms with Gasteiger partial charge in [-0.1, -0.05) is 133 Å². The molecule has 0 heterocycles. The maximum atomic E-state index is 12.6. The minimum atomic E-state index is -4.72. The Morgan fingerprint density at radius 3 is 1.57 bits per heavy atom. The average molecular weight is 784 g/mol. The third-order valence-electron chi connectivity index (χ3n) is 8.56. The summed E-state index contributed by atoms with van der Waals surface area (Å²) in [5.41, 5.74) is 5.32. The highest BCUT2D eigenvalue weighted by molar-refractivity contribution is 7.47. The van der Waals surface area contributed by atoms with E-state index in [0.717, 1.165) is 89.9 Å². The summed E-state index contributed by atoms with van der Waals surface area (Å²) in [6, 6.07) is -1.53. The van der Waals surface area contributed by atoms with E-state index in [-0.39, 0.29) is 19.4 Å². The second kappa shape index (κ2) is 37.4. The summed E-state index contributed by atoms with van der Waals surface area (Å²) in [5, 5.41) is 8.87. The first-order valence-electron chi connectivity index (χ1n) is 20.7. The quantitative estimate of drug-likeness (QED) is 0.0235. The first kappa shape index (κ1) is 51.4. The van der Waals surface area contributed by atoms with Crippen molar-refractivity contribution in [3.8, 4) is 0 Å². The van der Waals surface area contributed by atoms with Crippen LogP contribution in [0.5, 0.6) is 0 Å². The molecule has 1 unspecified atom stereocenters. The van der Waals surface area contributed by atoms with Gasteiger partial charge in [0.25, 0.3) is 0 Å². The number of carboxylic acids is 1. The summed E-state index contributed by atoms with van der Waals surface area (Å²) in [5.74, 6) is -2.41. The minimum Gasteiger partial charge on any atom is -0.480 e. The van der Waals surface area contributed by atoms with Crippen molar-refractivity contribution < 1.29 is 47.5 Å². The normalized spacial score (nSPS) is 14.3. The summed E-state index contributed by atoms with van der Waals surface area (Å²) >= 11 is 0. The predicted octanol–water partition coefficient (Wildman–Crippen LogP) is 10.6. The number of phosphoric acid groups is 1. The predicted molar refractivity (Wildman–Crippen MR) is 217 cm³/mol. The van der Waals surface area contributed by atoms with Crippen LogP contribution in [0.3, 0.4) is 0 Å². The number of aliphatic carboxylic acids is 1. The lowest BCUT2D eigenvalue weighted by atomic mass is 10.1. The van der Waals surface area contributed by atoms with Crippen LogP contribution in [0, 0.1) is 0 Å². The highest BCUT2D eigenvalue weighted by atomic mass is 31.2. The molecule has 11 nitrogen and oxygen atoms in total. The van der Waals surface area contributed by atoms with E-state index in [1.807, 2.05) is 0 Å². The van der Waals surface area contributed by atoms with Crippen LogP contribution in [0.25, 0.3) is 0 Å². The van der Waals surface area contributed by atoms with Crippen molar-refractivity contribution in [1.82, 2.24) is 0 Å². The first-order valence-corrected chi connectivity index (χ1v) is 22.2. The number of carbonyl (C=O) groups is 3. The van der Waals surface area contributed by atoms with Gasteiger partial charge in [0.1, 0.15) is 12.6 Å². The zero-order chi connectivity index (χ0) is 40.0. The molecule has 0 radical (unpaired) electrons. The summed E-state index contributed by atoms with van der Waals surface area (Å²) in [6.45, 7) is 2.65. The molecule has 0 bridgehead atoms. The third-order valence-corrected chi connectivity index (χ3v) is 9.51. The van der Waals surface area contributed by atoms with Gasteiger partial charge in [0, 0.05) is 12.8 Å². The van der Waals surface area contributed by atoms with Gasteiger partial charge in [0.2, 0.25) is 0 Å². The molecule has 0 aromatic rings. The zero-order valence-corrected chi connectivity index (χ0v) is 34.4. The van der Waals surface area contributed by atoms with Gasteiger partial charge in [0.05, 0.1) is 13.2 Å². The van der Waals surface area contributed by atoms with Crippen molar-refractivity contribution in [1.29, 1.82) is 0 Å². The Hall–Kier alpha value is -2.56. The standard InChI is InChI=1S/C42H74NO10P/c1-3-5-7-9-11-13-15-17-19-21-23-25-27-29-31-33-40(44)50-35-38(36-51-54(48,49)52-37-39(43)42(46)47)53-41(45)34-32-30-28-26-24-22-20-18-16-14-12-10-8-6-4-2/h5,7,11,13,17-20,38-39H,3-4,6,8-10,12,14-16,21-37,43H2,1-2H3,(H,46,47)(H,48,49)/t38-,39+/m1/s1. The Kier molecular flexibility index (Phi) is 35.6. The molecule has 0 amide bonds. The molecule has 3 atom stereocenters. The summed E-state index contributed by atoms with van der Waals surface area (Å²) in [4.78, 5) is 45.9. The van der Waals surface area contributed by atoms with Gasteiger partial charge in [-0.2, -0.15) is 0 Å². The molecule has 0 rings (SSSR count). The number of carbonyl (C=O) groups excluding carboxylic acids is 2. The molecule has 0 aromatic heterocycles. The molecule has 0 spiro atoms. The van der Waals surface area contributed by atoms with Crippen LogP contribution in [-0.2, 0) is 37.5 Å². The van der Waals surface area contributed by atoms with Crippen molar-refractivity contribution in [2.24, 2.45) is 5.73 Å². The van der Waals surface area contributed by atoms with Crippen LogP contribution in [0.2, 0.25) is 0 Å². The third kappa shape index (κ3) is 36.4. The molecule has 312 valence electrons. The summed E-state index contributed by atoms with van der Waals surface area (Å²) < 4.78 is 32.6. The number of carboxylic acid groups (broad SMARTS) is 1. The molecule has 4 N–H and O–H groups in total. The number of allylic oxidation sites excluding steroid dienone is 8. The van der Waals surface area contributed by atoms with Crippen molar-refractivity contribution in [3.63, 3.8) is 0 Å². The number of hydrogen-bond donors (Lipinski definition) is 3. The maximum Gasteiger partial charge on any atom is 0.472 e. The van der Waals surface area contributed by atoms with Crippen LogP contribution in [0.15, 0.2) is 48.6 Å². The Morgan fingerprint density at radius 1 is 0.593 bits per heavy atom. The van der Waals surface area contributed by atoms with Gasteiger partial charge in [-0.15, -0.1) is 0 Å². The van der Waals surface area contributed by atoms with Crippen LogP contribution >= 0.6 is 7.82 Å². The van der Waals surface area contributed by atoms with Crippen LogP contribution in [0.1, 0.15) is 168 Å². The molecule has 0 saturated heterocycles. The van der Waals surface area contributed by atoms with Gasteiger partial charge in [0.15, 0.2) is 6.10 Å². The smallest absolute Gasteiger partial charge is 0.472 e. The van der Waals surface area contributed by atoms with Gasteiger partial charge in [-0.3, -0.25) is 23.4 Å². The van der Waals surface area contributed by atoms with E-state index in [9.17, 15) is 23.8 Å². The fraction of sp³-hybridized carbons (Fsp3) is 0.738. The number of esters is 2. The Labute approximate surface area is 326 Å². The molecule has 0 aliphatic carbocycles. The molecule has 0 saturated carbocycles. The van der Waals surface area contributed by atoms with E-state index < -0.39 is 51.1 Å². The number of phosphoric ester groups is 1.